The fourth-order valence-corrected chi connectivity index (χ4v) is 4.09. The van der Waals surface area contributed by atoms with E-state index in [0.29, 0.717) is 5.75 Å². The summed E-state index contributed by atoms with van der Waals surface area (Å²) < 4.78 is 50.7. The topological polar surface area (TPSA) is 96.3 Å². The second kappa shape index (κ2) is 9.29. The molecule has 1 atom stereocenters. The molecule has 1 unspecified atom stereocenters. The molecule has 0 aromatic heterocycles. The van der Waals surface area contributed by atoms with E-state index in [-0.39, 0.29) is 28.3 Å². The van der Waals surface area contributed by atoms with Crippen molar-refractivity contribution in [1.82, 2.24) is 0 Å². The van der Waals surface area contributed by atoms with Crippen molar-refractivity contribution in [3.63, 3.8) is 0 Å². The Morgan fingerprint density at radius 2 is 1.67 bits per heavy atom. The minimum Gasteiger partial charge on any atom is -0.508 e. The number of phenols is 1. The van der Waals surface area contributed by atoms with Crippen molar-refractivity contribution in [2.75, 3.05) is 19.1 Å². The van der Waals surface area contributed by atoms with Gasteiger partial charge in [-0.25, -0.2) is 0 Å². The van der Waals surface area contributed by atoms with Crippen molar-refractivity contribution < 1.29 is 42.4 Å². The van der Waals surface area contributed by atoms with Gasteiger partial charge in [0.2, 0.25) is 0 Å². The summed E-state index contributed by atoms with van der Waals surface area (Å²) in [4.78, 5) is 27.3. The summed E-state index contributed by atoms with van der Waals surface area (Å²) in [5.74, 6) is -2.62. The maximum absolute atomic E-state index is 13.4. The molecule has 0 saturated carbocycles. The molecule has 1 saturated heterocycles. The SMILES string of the molecule is COc1ccc(OC)c(/C(O)=C2\C(=O)C(=O)N(c3cccc(C(F)(F)F)c3)C2c2cccc(O)c2)c1. The predicted molar refractivity (Wildman–Crippen MR) is 124 cm³/mol. The summed E-state index contributed by atoms with van der Waals surface area (Å²) in [6, 6.07) is 12.6. The number of phenolic OH excluding ortho intramolecular Hbond substituents is 1. The Morgan fingerprint density at radius 1 is 0.944 bits per heavy atom. The largest absolute Gasteiger partial charge is 0.508 e. The Kier molecular flexibility index (Phi) is 6.36. The number of aliphatic hydroxyl groups excluding tert-OH is 1. The first-order valence-corrected chi connectivity index (χ1v) is 10.6. The zero-order valence-corrected chi connectivity index (χ0v) is 19.0. The Bertz CT molecular complexity index is 1380. The van der Waals surface area contributed by atoms with E-state index >= 15 is 0 Å². The first kappa shape index (κ1) is 24.6. The summed E-state index contributed by atoms with van der Waals surface area (Å²) in [5.41, 5.74) is -1.41. The molecule has 36 heavy (non-hydrogen) atoms. The number of hydrogen-bond acceptors (Lipinski definition) is 6. The zero-order valence-electron chi connectivity index (χ0n) is 19.0. The number of benzene rings is 3. The van der Waals surface area contributed by atoms with E-state index < -0.39 is 40.8 Å². The molecular weight excluding hydrogens is 479 g/mol. The van der Waals surface area contributed by atoms with E-state index in [1.807, 2.05) is 0 Å². The lowest BCUT2D eigenvalue weighted by atomic mass is 9.94. The number of hydrogen-bond donors (Lipinski definition) is 2. The van der Waals surface area contributed by atoms with Crippen LogP contribution in [0.15, 0.2) is 72.3 Å². The van der Waals surface area contributed by atoms with Gasteiger partial charge < -0.3 is 19.7 Å². The lowest BCUT2D eigenvalue weighted by Gasteiger charge is -2.26. The van der Waals surface area contributed by atoms with Crippen LogP contribution in [0.5, 0.6) is 17.2 Å². The molecule has 1 heterocycles. The van der Waals surface area contributed by atoms with Crippen molar-refractivity contribution in [2.24, 2.45) is 0 Å². The van der Waals surface area contributed by atoms with Crippen LogP contribution in [0.1, 0.15) is 22.7 Å². The van der Waals surface area contributed by atoms with E-state index in [2.05, 4.69) is 0 Å². The quantitative estimate of drug-likeness (QED) is 0.290. The van der Waals surface area contributed by atoms with Gasteiger partial charge in [0.1, 0.15) is 23.0 Å². The number of anilines is 1. The number of aliphatic hydroxyl groups is 1. The molecule has 3 aromatic rings. The molecule has 0 radical (unpaired) electrons. The summed E-state index contributed by atoms with van der Waals surface area (Å²) in [5, 5.41) is 21.3. The molecular formula is C26H20F3NO6. The van der Waals surface area contributed by atoms with Gasteiger partial charge in [0.05, 0.1) is 37.0 Å². The zero-order chi connectivity index (χ0) is 26.2. The van der Waals surface area contributed by atoms with Crippen LogP contribution in [0.4, 0.5) is 18.9 Å². The molecule has 2 N–H and O–H groups in total. The monoisotopic (exact) mass is 499 g/mol. The fraction of sp³-hybridized carbons (Fsp3) is 0.154. The Morgan fingerprint density at radius 3 is 2.31 bits per heavy atom. The molecule has 0 bridgehead atoms. The molecule has 10 heteroatoms. The van der Waals surface area contributed by atoms with Crippen LogP contribution in [-0.2, 0) is 15.8 Å². The number of methoxy groups -OCH3 is 2. The molecule has 1 amide bonds. The first-order chi connectivity index (χ1) is 17.1. The lowest BCUT2D eigenvalue weighted by molar-refractivity contribution is -0.137. The van der Waals surface area contributed by atoms with Gasteiger partial charge in [-0.3, -0.25) is 14.5 Å². The standard InChI is InChI=1S/C26H20F3NO6/c1-35-18-9-10-20(36-2)19(13-18)23(32)21-22(14-5-3-8-17(31)11-14)30(25(34)24(21)33)16-7-4-6-15(12-16)26(27,28)29/h3-13,22,31-32H,1-2H3/b23-21+. The summed E-state index contributed by atoms with van der Waals surface area (Å²) in [7, 11) is 2.73. The van der Waals surface area contributed by atoms with Crippen molar-refractivity contribution in [2.45, 2.75) is 12.2 Å². The second-order valence-corrected chi connectivity index (χ2v) is 7.88. The van der Waals surface area contributed by atoms with Gasteiger partial charge in [-0.1, -0.05) is 18.2 Å². The number of alkyl halides is 3. The van der Waals surface area contributed by atoms with Crippen LogP contribution in [0, 0.1) is 0 Å². The molecule has 3 aromatic carbocycles. The smallest absolute Gasteiger partial charge is 0.416 e. The highest BCUT2D eigenvalue weighted by atomic mass is 19.4. The molecule has 4 rings (SSSR count). The average Bonchev–Trinajstić information content (AvgIpc) is 3.13. The van der Waals surface area contributed by atoms with E-state index in [9.17, 15) is 33.0 Å². The third-order valence-corrected chi connectivity index (χ3v) is 5.74. The number of ketones is 1. The van der Waals surface area contributed by atoms with E-state index in [1.165, 1.54) is 56.7 Å². The summed E-state index contributed by atoms with van der Waals surface area (Å²) in [6.07, 6.45) is -4.70. The van der Waals surface area contributed by atoms with Crippen molar-refractivity contribution in [3.8, 4) is 17.2 Å². The lowest BCUT2D eigenvalue weighted by Crippen LogP contribution is -2.29. The maximum atomic E-state index is 13.4. The molecule has 0 spiro atoms. The van der Waals surface area contributed by atoms with Crippen LogP contribution >= 0.6 is 0 Å². The van der Waals surface area contributed by atoms with Gasteiger partial charge in [0.25, 0.3) is 11.7 Å². The van der Waals surface area contributed by atoms with Crippen LogP contribution in [0.3, 0.4) is 0 Å². The van der Waals surface area contributed by atoms with Gasteiger partial charge in [-0.2, -0.15) is 13.2 Å². The molecule has 1 aliphatic heterocycles. The Balaban J connectivity index is 2.00. The van der Waals surface area contributed by atoms with Gasteiger partial charge in [-0.15, -0.1) is 0 Å². The number of aromatic hydroxyl groups is 1. The van der Waals surface area contributed by atoms with Crippen LogP contribution in [0.25, 0.3) is 5.76 Å². The van der Waals surface area contributed by atoms with E-state index in [1.54, 1.807) is 6.07 Å². The molecule has 0 aliphatic carbocycles. The van der Waals surface area contributed by atoms with Crippen LogP contribution in [0.2, 0.25) is 0 Å². The number of nitrogens with zero attached hydrogens (tertiary/aromatic N) is 1. The highest BCUT2D eigenvalue weighted by Gasteiger charge is 2.47. The molecule has 7 nitrogen and oxygen atoms in total. The number of halogens is 3. The fourth-order valence-electron chi connectivity index (χ4n) is 4.09. The highest BCUT2D eigenvalue weighted by Crippen LogP contribution is 2.45. The minimum absolute atomic E-state index is 0.0315. The van der Waals surface area contributed by atoms with Crippen molar-refractivity contribution >= 4 is 23.1 Å². The normalized spacial score (nSPS) is 17.4. The number of amides is 1. The number of carbonyl (C=O) groups is 2. The van der Waals surface area contributed by atoms with Gasteiger partial charge >= 0.3 is 6.18 Å². The Hall–Kier alpha value is -4.47. The first-order valence-electron chi connectivity index (χ1n) is 10.6. The van der Waals surface area contributed by atoms with Crippen LogP contribution in [-0.4, -0.2) is 36.1 Å². The number of Topliss-reactive ketones (excluding diaryl/α,β-unsaturated/α-hetero) is 1. The van der Waals surface area contributed by atoms with Crippen LogP contribution < -0.4 is 14.4 Å². The summed E-state index contributed by atoms with van der Waals surface area (Å²) in [6.45, 7) is 0. The second-order valence-electron chi connectivity index (χ2n) is 7.88. The number of carbonyl (C=O) groups excluding carboxylic acids is 2. The van der Waals surface area contributed by atoms with E-state index in [4.69, 9.17) is 9.47 Å². The van der Waals surface area contributed by atoms with E-state index in [0.717, 1.165) is 23.1 Å². The Labute approximate surface area is 203 Å². The molecule has 1 fully saturated rings. The number of ether oxygens (including phenoxy) is 2. The third-order valence-electron chi connectivity index (χ3n) is 5.74. The summed E-state index contributed by atoms with van der Waals surface area (Å²) >= 11 is 0. The van der Waals surface area contributed by atoms with Gasteiger partial charge in [0, 0.05) is 5.69 Å². The number of rotatable bonds is 5. The van der Waals surface area contributed by atoms with Crippen molar-refractivity contribution in [3.05, 3.63) is 89.0 Å². The van der Waals surface area contributed by atoms with Gasteiger partial charge in [-0.05, 0) is 54.1 Å². The average molecular weight is 499 g/mol. The highest BCUT2D eigenvalue weighted by molar-refractivity contribution is 6.51. The molecule has 186 valence electrons. The minimum atomic E-state index is -4.70. The van der Waals surface area contributed by atoms with Gasteiger partial charge in [0.15, 0.2) is 0 Å². The third kappa shape index (κ3) is 4.33. The predicted octanol–water partition coefficient (Wildman–Crippen LogP) is 5.05. The van der Waals surface area contributed by atoms with Crippen molar-refractivity contribution in [1.29, 1.82) is 0 Å². The molecule has 1 aliphatic rings. The maximum Gasteiger partial charge on any atom is 0.416 e.